The molecule has 0 bridgehead atoms. The highest BCUT2D eigenvalue weighted by Crippen LogP contribution is 2.15. The average molecular weight is 220 g/mol. The van der Waals surface area contributed by atoms with Gasteiger partial charge in [0.25, 0.3) is 0 Å². The van der Waals surface area contributed by atoms with Crippen LogP contribution in [0.4, 0.5) is 0 Å². The first-order valence-electron chi connectivity index (χ1n) is 4.74. The summed E-state index contributed by atoms with van der Waals surface area (Å²) in [6.45, 7) is 5.60. The zero-order chi connectivity index (χ0) is 10.7. The lowest BCUT2D eigenvalue weighted by Crippen LogP contribution is -2.39. The first kappa shape index (κ1) is 11.6. The molecule has 1 unspecified atom stereocenters. The normalized spacial score (nSPS) is 26.6. The summed E-state index contributed by atoms with van der Waals surface area (Å²) in [5, 5.41) is 8.78. The van der Waals surface area contributed by atoms with Crippen LogP contribution in [-0.2, 0) is 16.0 Å². The highest BCUT2D eigenvalue weighted by atomic mass is 32.2. The van der Waals surface area contributed by atoms with Crippen LogP contribution in [0.3, 0.4) is 0 Å². The van der Waals surface area contributed by atoms with Gasteiger partial charge in [-0.1, -0.05) is 6.92 Å². The first-order chi connectivity index (χ1) is 6.57. The van der Waals surface area contributed by atoms with Crippen molar-refractivity contribution in [2.24, 2.45) is 0 Å². The molecule has 0 aromatic rings. The van der Waals surface area contributed by atoms with Crippen molar-refractivity contribution in [3.8, 4) is 0 Å². The predicted molar refractivity (Wildman–Crippen MR) is 53.8 cm³/mol. The molecule has 1 N–H and O–H groups in total. The van der Waals surface area contributed by atoms with Crippen molar-refractivity contribution in [3.05, 3.63) is 0 Å². The fourth-order valence-electron chi connectivity index (χ4n) is 1.41. The SMILES string of the molecule is CCCN1CCN([C@H](C)C(=O)O)S1=O. The van der Waals surface area contributed by atoms with Gasteiger partial charge in [0.05, 0.1) is 0 Å². The topological polar surface area (TPSA) is 60.9 Å². The molecule has 0 aromatic carbocycles. The number of carboxylic acid groups (broad SMARTS) is 1. The Morgan fingerprint density at radius 2 is 2.21 bits per heavy atom. The van der Waals surface area contributed by atoms with Crippen molar-refractivity contribution in [2.45, 2.75) is 26.3 Å². The molecular weight excluding hydrogens is 204 g/mol. The van der Waals surface area contributed by atoms with E-state index in [2.05, 4.69) is 0 Å². The molecule has 6 heteroatoms. The monoisotopic (exact) mass is 220 g/mol. The standard InChI is InChI=1S/C8H16N2O3S/c1-3-4-9-5-6-10(14(9)13)7(2)8(11)12/h7H,3-6H2,1-2H3,(H,11,12)/t7-,14?/m1/s1. The van der Waals surface area contributed by atoms with Crippen LogP contribution < -0.4 is 0 Å². The molecule has 1 heterocycles. The number of carbonyl (C=O) groups is 1. The number of nitrogens with zero attached hydrogens (tertiary/aromatic N) is 2. The molecule has 2 atom stereocenters. The van der Waals surface area contributed by atoms with Crippen molar-refractivity contribution >= 4 is 17.1 Å². The van der Waals surface area contributed by atoms with Crippen LogP contribution in [0, 0.1) is 0 Å². The largest absolute Gasteiger partial charge is 0.480 e. The summed E-state index contributed by atoms with van der Waals surface area (Å²) < 4.78 is 15.1. The number of rotatable bonds is 4. The van der Waals surface area contributed by atoms with E-state index in [1.807, 2.05) is 6.92 Å². The molecule has 1 rings (SSSR count). The minimum absolute atomic E-state index is 0.570. The van der Waals surface area contributed by atoms with Crippen LogP contribution >= 0.6 is 0 Å². The van der Waals surface area contributed by atoms with Crippen molar-refractivity contribution < 1.29 is 14.1 Å². The van der Waals surface area contributed by atoms with E-state index in [1.54, 1.807) is 11.2 Å². The molecule has 14 heavy (non-hydrogen) atoms. The van der Waals surface area contributed by atoms with Gasteiger partial charge in [0.1, 0.15) is 6.04 Å². The van der Waals surface area contributed by atoms with Gasteiger partial charge in [-0.2, -0.15) is 4.31 Å². The van der Waals surface area contributed by atoms with Gasteiger partial charge < -0.3 is 5.11 Å². The Morgan fingerprint density at radius 1 is 1.57 bits per heavy atom. The van der Waals surface area contributed by atoms with E-state index in [1.165, 1.54) is 4.31 Å². The molecule has 1 fully saturated rings. The predicted octanol–water partition coefficient (Wildman–Crippen LogP) is 0.0658. The maximum absolute atomic E-state index is 11.7. The average Bonchev–Trinajstić information content (AvgIpc) is 2.48. The van der Waals surface area contributed by atoms with E-state index in [0.717, 1.165) is 13.0 Å². The van der Waals surface area contributed by atoms with E-state index in [-0.39, 0.29) is 0 Å². The van der Waals surface area contributed by atoms with Crippen LogP contribution in [0.2, 0.25) is 0 Å². The van der Waals surface area contributed by atoms with Crippen molar-refractivity contribution in [1.29, 1.82) is 0 Å². The first-order valence-corrected chi connectivity index (χ1v) is 5.80. The summed E-state index contributed by atoms with van der Waals surface area (Å²) in [6.07, 6.45) is 0.932. The van der Waals surface area contributed by atoms with E-state index < -0.39 is 23.2 Å². The minimum atomic E-state index is -1.26. The lowest BCUT2D eigenvalue weighted by Gasteiger charge is -2.19. The lowest BCUT2D eigenvalue weighted by atomic mass is 10.3. The molecular formula is C8H16N2O3S. The summed E-state index contributed by atoms with van der Waals surface area (Å²) in [5.41, 5.74) is 0. The third-order valence-corrected chi connectivity index (χ3v) is 3.96. The van der Waals surface area contributed by atoms with Crippen LogP contribution in [0.1, 0.15) is 20.3 Å². The van der Waals surface area contributed by atoms with Gasteiger partial charge in [-0.05, 0) is 13.3 Å². The summed E-state index contributed by atoms with van der Waals surface area (Å²) in [5.74, 6) is -0.920. The zero-order valence-electron chi connectivity index (χ0n) is 8.47. The Morgan fingerprint density at radius 3 is 2.71 bits per heavy atom. The van der Waals surface area contributed by atoms with Gasteiger partial charge in [-0.25, -0.2) is 8.51 Å². The molecule has 0 spiro atoms. The Bertz CT molecular complexity index is 247. The summed E-state index contributed by atoms with van der Waals surface area (Å²) in [6, 6.07) is -0.669. The second-order valence-electron chi connectivity index (χ2n) is 3.31. The van der Waals surface area contributed by atoms with Crippen LogP contribution in [0.25, 0.3) is 0 Å². The number of hydrogen-bond donors (Lipinski definition) is 1. The molecule has 0 aliphatic carbocycles. The highest BCUT2D eigenvalue weighted by molar-refractivity contribution is 7.80. The number of aliphatic carboxylic acids is 1. The van der Waals surface area contributed by atoms with Gasteiger partial charge in [-0.3, -0.25) is 4.79 Å². The quantitative estimate of drug-likeness (QED) is 0.729. The Balaban J connectivity index is 2.59. The maximum atomic E-state index is 11.7. The molecule has 1 aliphatic heterocycles. The zero-order valence-corrected chi connectivity index (χ0v) is 9.29. The van der Waals surface area contributed by atoms with Gasteiger partial charge in [0.2, 0.25) is 0 Å². The molecule has 1 saturated heterocycles. The number of carboxylic acids is 1. The van der Waals surface area contributed by atoms with Crippen molar-refractivity contribution in [2.75, 3.05) is 19.6 Å². The molecule has 1 aliphatic rings. The molecule has 82 valence electrons. The summed E-state index contributed by atoms with van der Waals surface area (Å²) in [4.78, 5) is 10.7. The second kappa shape index (κ2) is 4.86. The molecule has 0 saturated carbocycles. The van der Waals surface area contributed by atoms with Crippen LogP contribution in [-0.4, -0.2) is 49.6 Å². The van der Waals surface area contributed by atoms with Gasteiger partial charge in [0.15, 0.2) is 11.2 Å². The summed E-state index contributed by atoms with van der Waals surface area (Å²) in [7, 11) is 0. The fourth-order valence-corrected chi connectivity index (χ4v) is 2.88. The van der Waals surface area contributed by atoms with Crippen LogP contribution in [0.15, 0.2) is 0 Å². The maximum Gasteiger partial charge on any atom is 0.321 e. The van der Waals surface area contributed by atoms with Crippen molar-refractivity contribution in [1.82, 2.24) is 8.61 Å². The van der Waals surface area contributed by atoms with Crippen LogP contribution in [0.5, 0.6) is 0 Å². The van der Waals surface area contributed by atoms with E-state index in [0.29, 0.717) is 13.1 Å². The van der Waals surface area contributed by atoms with E-state index >= 15 is 0 Å². The van der Waals surface area contributed by atoms with E-state index in [9.17, 15) is 9.00 Å². The smallest absolute Gasteiger partial charge is 0.321 e. The third-order valence-electron chi connectivity index (χ3n) is 2.25. The Labute approximate surface area is 86.4 Å². The Kier molecular flexibility index (Phi) is 4.03. The Hall–Kier alpha value is -0.460. The van der Waals surface area contributed by atoms with Gasteiger partial charge in [0, 0.05) is 19.6 Å². The van der Waals surface area contributed by atoms with Crippen molar-refractivity contribution in [3.63, 3.8) is 0 Å². The van der Waals surface area contributed by atoms with Gasteiger partial charge >= 0.3 is 5.97 Å². The minimum Gasteiger partial charge on any atom is -0.480 e. The fraction of sp³-hybridized carbons (Fsp3) is 0.875. The highest BCUT2D eigenvalue weighted by Gasteiger charge is 2.34. The number of hydrogen-bond acceptors (Lipinski definition) is 2. The molecule has 0 radical (unpaired) electrons. The molecule has 0 aromatic heterocycles. The summed E-state index contributed by atoms with van der Waals surface area (Å²) >= 11 is -1.26. The lowest BCUT2D eigenvalue weighted by molar-refractivity contribution is -0.140. The second-order valence-corrected chi connectivity index (χ2v) is 4.76. The molecule has 5 nitrogen and oxygen atoms in total. The molecule has 0 amide bonds. The van der Waals surface area contributed by atoms with Gasteiger partial charge in [-0.15, -0.1) is 0 Å². The van der Waals surface area contributed by atoms with E-state index in [4.69, 9.17) is 5.11 Å². The third kappa shape index (κ3) is 2.31.